The van der Waals surface area contributed by atoms with Crippen molar-refractivity contribution in [3.63, 3.8) is 0 Å². The molecule has 23 heavy (non-hydrogen) atoms. The van der Waals surface area contributed by atoms with Gasteiger partial charge in [0.05, 0.1) is 0 Å². The number of hydrogen-bond donors (Lipinski definition) is 0. The van der Waals surface area contributed by atoms with Crippen LogP contribution in [0.15, 0.2) is 91.0 Å². The predicted octanol–water partition coefficient (Wildman–Crippen LogP) is 6.85. The van der Waals surface area contributed by atoms with Crippen LogP contribution >= 0.6 is 16.6 Å². The quantitative estimate of drug-likeness (QED) is 0.280. The molecule has 0 saturated heterocycles. The van der Waals surface area contributed by atoms with Crippen LogP contribution in [0.1, 0.15) is 0 Å². The maximum atomic E-state index is 2.38. The molecule has 0 saturated carbocycles. The monoisotopic (exact) mass is 484 g/mol. The molecule has 0 radical (unpaired) electrons. The molecule has 0 aliphatic carbocycles. The molecule has 0 amide bonds. The van der Waals surface area contributed by atoms with Gasteiger partial charge < -0.3 is 0 Å². The minimum atomic E-state index is 0.0410. The van der Waals surface area contributed by atoms with Crippen molar-refractivity contribution in [2.75, 3.05) is 0 Å². The third kappa shape index (κ3) is 3.66. The number of rotatable bonds is 3. The van der Waals surface area contributed by atoms with Gasteiger partial charge in [-0.3, -0.25) is 0 Å². The zero-order valence-corrected chi connectivity index (χ0v) is 18.4. The third-order valence-electron chi connectivity index (χ3n) is 3.39. The van der Waals surface area contributed by atoms with E-state index in [4.69, 9.17) is 0 Å². The van der Waals surface area contributed by atoms with Crippen LogP contribution in [0.2, 0.25) is 0 Å². The molecule has 4 aromatic rings. The van der Waals surface area contributed by atoms with Gasteiger partial charge in [0.1, 0.15) is 0 Å². The van der Waals surface area contributed by atoms with Crippen molar-refractivity contribution in [3.05, 3.63) is 91.0 Å². The van der Waals surface area contributed by atoms with Crippen LogP contribution in [0.4, 0.5) is 0 Å². The Kier molecular flexibility index (Phi) is 5.36. The number of hydrogen-bond acceptors (Lipinski definition) is 0. The van der Waals surface area contributed by atoms with Crippen LogP contribution in [0.3, 0.4) is 0 Å². The van der Waals surface area contributed by atoms with Gasteiger partial charge in [-0.2, -0.15) is 0 Å². The molecule has 2 unspecified atom stereocenters. The zero-order chi connectivity index (χ0) is 15.5. The van der Waals surface area contributed by atoms with E-state index in [0.29, 0.717) is 0 Å². The molecule has 0 bridgehead atoms. The van der Waals surface area contributed by atoms with Crippen molar-refractivity contribution < 1.29 is 0 Å². The summed E-state index contributed by atoms with van der Waals surface area (Å²) in [6.45, 7) is 0. The average molecular weight is 482 g/mol. The summed E-state index contributed by atoms with van der Waals surface area (Å²) >= 11 is 1.55. The van der Waals surface area contributed by atoms with Crippen molar-refractivity contribution in [1.29, 1.82) is 0 Å². The molecule has 3 aromatic carbocycles. The van der Waals surface area contributed by atoms with E-state index in [1.54, 1.807) is 15.9 Å². The topological polar surface area (TPSA) is 0 Å². The Bertz CT molecular complexity index is 850. The standard InChI is InChI=1S/C18H15P3Se2/c1-4-10-16(11-5-1)19-20(17-12-6-2-7-13-17)23-21(22-19)18-14-8-3-9-15-18/h1-15H. The molecule has 0 fully saturated rings. The Morgan fingerprint density at radius 2 is 0.783 bits per heavy atom. The molecular formula is C18H15P3Se2. The van der Waals surface area contributed by atoms with Gasteiger partial charge in [0.15, 0.2) is 0 Å². The molecule has 4 rings (SSSR count). The van der Waals surface area contributed by atoms with Crippen LogP contribution in [-0.2, 0) is 0 Å². The fourth-order valence-electron chi connectivity index (χ4n) is 2.28. The van der Waals surface area contributed by atoms with E-state index in [1.807, 2.05) is 0 Å². The summed E-state index contributed by atoms with van der Waals surface area (Å²) in [5, 5.41) is 4.92. The Balaban J connectivity index is 1.91. The summed E-state index contributed by atoms with van der Waals surface area (Å²) in [6, 6.07) is 34.1. The fraction of sp³-hybridized carbons (Fsp3) is 0. The number of benzene rings is 3. The normalized spacial score (nSPS) is 13.0. The molecular weight excluding hydrogens is 467 g/mol. The first kappa shape index (κ1) is 16.1. The van der Waals surface area contributed by atoms with Gasteiger partial charge >= 0.3 is 151 Å². The van der Waals surface area contributed by atoms with E-state index in [0.717, 1.165) is 27.2 Å². The maximum absolute atomic E-state index is 2.38. The zero-order valence-electron chi connectivity index (χ0n) is 12.3. The predicted molar refractivity (Wildman–Crippen MR) is 110 cm³/mol. The first-order valence-electron chi connectivity index (χ1n) is 7.33. The molecule has 114 valence electrons. The summed E-state index contributed by atoms with van der Waals surface area (Å²) in [5.41, 5.74) is 0. The van der Waals surface area contributed by atoms with Gasteiger partial charge in [-0.05, 0) is 0 Å². The van der Waals surface area contributed by atoms with Crippen molar-refractivity contribution in [2.45, 2.75) is 0 Å². The van der Waals surface area contributed by atoms with E-state index in [-0.39, 0.29) is 16.6 Å². The minimum absolute atomic E-state index is 0.0410. The summed E-state index contributed by atoms with van der Waals surface area (Å²) in [6.07, 6.45) is 0. The molecule has 5 heteroatoms. The molecule has 2 atom stereocenters. The molecule has 1 aromatic heterocycles. The summed E-state index contributed by atoms with van der Waals surface area (Å²) in [5.74, 6) is 0.0821. The molecule has 0 nitrogen and oxygen atoms in total. The van der Waals surface area contributed by atoms with Crippen LogP contribution < -0.4 is 0 Å². The van der Waals surface area contributed by atoms with E-state index in [9.17, 15) is 0 Å². The Morgan fingerprint density at radius 3 is 1.17 bits per heavy atom. The van der Waals surface area contributed by atoms with Crippen molar-refractivity contribution in [1.82, 2.24) is 0 Å². The van der Waals surface area contributed by atoms with Crippen LogP contribution in [0.5, 0.6) is 0 Å². The summed E-state index contributed by atoms with van der Waals surface area (Å²) in [4.78, 5) is 0.117. The first-order chi connectivity index (χ1) is 11.4. The molecule has 0 N–H and O–H groups in total. The summed E-state index contributed by atoms with van der Waals surface area (Å²) in [7, 11) is 0. The van der Waals surface area contributed by atoms with Crippen LogP contribution in [0.25, 0.3) is 15.9 Å². The van der Waals surface area contributed by atoms with E-state index >= 15 is 0 Å². The Labute approximate surface area is 150 Å². The van der Waals surface area contributed by atoms with Gasteiger partial charge in [0.2, 0.25) is 0 Å². The SMILES string of the molecule is c1ccc(-p2[se]p(-c3ccccc3)p(-c3ccccc3)[se]2)cc1. The van der Waals surface area contributed by atoms with Gasteiger partial charge in [0, 0.05) is 0 Å². The van der Waals surface area contributed by atoms with Crippen molar-refractivity contribution >= 4 is 43.8 Å². The van der Waals surface area contributed by atoms with Gasteiger partial charge in [-0.15, -0.1) is 0 Å². The van der Waals surface area contributed by atoms with Gasteiger partial charge in [0.25, 0.3) is 0 Å². The van der Waals surface area contributed by atoms with E-state index in [2.05, 4.69) is 91.0 Å². The summed E-state index contributed by atoms with van der Waals surface area (Å²) < 4.78 is 0. The Morgan fingerprint density at radius 1 is 0.435 bits per heavy atom. The van der Waals surface area contributed by atoms with Crippen LogP contribution in [0, 0.1) is 0 Å². The molecule has 1 heterocycles. The van der Waals surface area contributed by atoms with Gasteiger partial charge in [-0.1, -0.05) is 0 Å². The second-order valence-electron chi connectivity index (χ2n) is 4.97. The van der Waals surface area contributed by atoms with Gasteiger partial charge in [-0.25, -0.2) is 0 Å². The Hall–Kier alpha value is -0.401. The molecule has 0 spiro atoms. The average Bonchev–Trinajstić information content (AvgIpc) is 3.09. The van der Waals surface area contributed by atoms with Crippen molar-refractivity contribution in [3.8, 4) is 15.9 Å². The second kappa shape index (κ2) is 7.66. The third-order valence-corrected chi connectivity index (χ3v) is 58.3. The van der Waals surface area contributed by atoms with Crippen molar-refractivity contribution in [2.24, 2.45) is 0 Å². The fourth-order valence-corrected chi connectivity index (χ4v) is 95.7. The molecule has 0 aliphatic rings. The second-order valence-corrected chi connectivity index (χ2v) is 34.4. The van der Waals surface area contributed by atoms with E-state index in [1.165, 1.54) is 0 Å². The molecule has 0 aliphatic heterocycles. The van der Waals surface area contributed by atoms with E-state index < -0.39 is 0 Å². The first-order valence-corrected chi connectivity index (χ1v) is 20.9. The van der Waals surface area contributed by atoms with Crippen LogP contribution in [-0.4, -0.2) is 27.2 Å².